The van der Waals surface area contributed by atoms with Crippen molar-refractivity contribution in [3.05, 3.63) is 66.4 Å². The van der Waals surface area contributed by atoms with E-state index in [2.05, 4.69) is 31.5 Å². The van der Waals surface area contributed by atoms with Crippen LogP contribution >= 0.6 is 11.3 Å². The molecular formula is C26H23F2N7OS. The van der Waals surface area contributed by atoms with Crippen molar-refractivity contribution in [2.24, 2.45) is 0 Å². The summed E-state index contributed by atoms with van der Waals surface area (Å²) in [5.41, 5.74) is 7.24. The SMILES string of the molecule is Nc1ncc(-c2cc3ccccc3s2)cc1-c1nnnn1-c1ccc(OCCN2CCCC2)c(F)c1F. The molecule has 0 amide bonds. The van der Waals surface area contributed by atoms with Crippen LogP contribution in [0, 0.1) is 11.6 Å². The Morgan fingerprint density at radius 2 is 1.86 bits per heavy atom. The van der Waals surface area contributed by atoms with Crippen molar-refractivity contribution in [2.75, 3.05) is 32.0 Å². The van der Waals surface area contributed by atoms with Crippen LogP contribution in [0.2, 0.25) is 0 Å². The molecule has 8 nitrogen and oxygen atoms in total. The van der Waals surface area contributed by atoms with Gasteiger partial charge in [0.1, 0.15) is 18.1 Å². The number of nitrogen functional groups attached to an aromatic ring is 1. The number of anilines is 1. The Kier molecular flexibility index (Phi) is 6.23. The number of rotatable bonds is 7. The van der Waals surface area contributed by atoms with Crippen LogP contribution in [0.1, 0.15) is 12.8 Å². The highest BCUT2D eigenvalue weighted by Gasteiger charge is 2.22. The first-order chi connectivity index (χ1) is 18.1. The normalized spacial score (nSPS) is 14.0. The van der Waals surface area contributed by atoms with Gasteiger partial charge < -0.3 is 10.5 Å². The number of hydrogen-bond acceptors (Lipinski definition) is 8. The third kappa shape index (κ3) is 4.51. The summed E-state index contributed by atoms with van der Waals surface area (Å²) in [6.45, 7) is 2.95. The van der Waals surface area contributed by atoms with Gasteiger partial charge in [-0.2, -0.15) is 9.07 Å². The Bertz CT molecular complexity index is 1550. The van der Waals surface area contributed by atoms with E-state index in [1.807, 2.05) is 24.3 Å². The largest absolute Gasteiger partial charge is 0.489 e. The van der Waals surface area contributed by atoms with Crippen molar-refractivity contribution >= 4 is 27.2 Å². The van der Waals surface area contributed by atoms with Crippen molar-refractivity contribution < 1.29 is 13.5 Å². The second kappa shape index (κ2) is 9.83. The van der Waals surface area contributed by atoms with Gasteiger partial charge in [-0.05, 0) is 72.1 Å². The van der Waals surface area contributed by atoms with Crippen LogP contribution < -0.4 is 10.5 Å². The van der Waals surface area contributed by atoms with Gasteiger partial charge in [0, 0.05) is 27.9 Å². The number of tetrazole rings is 1. The van der Waals surface area contributed by atoms with Gasteiger partial charge in [-0.3, -0.25) is 4.90 Å². The second-order valence-corrected chi connectivity index (χ2v) is 9.91. The van der Waals surface area contributed by atoms with Gasteiger partial charge in [-0.15, -0.1) is 16.4 Å². The smallest absolute Gasteiger partial charge is 0.202 e. The minimum Gasteiger partial charge on any atom is -0.489 e. The molecule has 188 valence electrons. The molecule has 2 N–H and O–H groups in total. The van der Waals surface area contributed by atoms with E-state index in [1.54, 1.807) is 23.6 Å². The van der Waals surface area contributed by atoms with E-state index in [4.69, 9.17) is 10.5 Å². The maximum Gasteiger partial charge on any atom is 0.202 e. The number of aromatic nitrogens is 5. The first-order valence-electron chi connectivity index (χ1n) is 12.0. The topological polar surface area (TPSA) is 95.0 Å². The van der Waals surface area contributed by atoms with E-state index >= 15 is 4.39 Å². The molecule has 0 bridgehead atoms. The first kappa shape index (κ1) is 23.4. The number of benzene rings is 2. The number of hydrogen-bond donors (Lipinski definition) is 1. The minimum absolute atomic E-state index is 0.147. The van der Waals surface area contributed by atoms with Gasteiger partial charge in [-0.1, -0.05) is 18.2 Å². The monoisotopic (exact) mass is 519 g/mol. The van der Waals surface area contributed by atoms with Gasteiger partial charge in [-0.25, -0.2) is 9.37 Å². The summed E-state index contributed by atoms with van der Waals surface area (Å²) in [6.07, 6.45) is 3.98. The number of nitrogens with two attached hydrogens (primary N) is 1. The summed E-state index contributed by atoms with van der Waals surface area (Å²) >= 11 is 1.62. The molecule has 37 heavy (non-hydrogen) atoms. The predicted octanol–water partition coefficient (Wildman–Crippen LogP) is 4.94. The van der Waals surface area contributed by atoms with Gasteiger partial charge in [0.25, 0.3) is 0 Å². The highest BCUT2D eigenvalue weighted by Crippen LogP contribution is 2.36. The fourth-order valence-corrected chi connectivity index (χ4v) is 5.56. The standard InChI is InChI=1S/C26H23F2N7OS/c27-23-19(7-8-20(24(23)28)36-12-11-34-9-3-4-10-34)35-26(31-32-33-35)18-13-17(15-30-25(18)29)22-14-16-5-1-2-6-21(16)37-22/h1-2,5-8,13-15H,3-4,9-12H2,(H2,29,30). The van der Waals surface area contributed by atoms with E-state index < -0.39 is 11.6 Å². The van der Waals surface area contributed by atoms with Crippen LogP contribution in [-0.4, -0.2) is 56.3 Å². The number of nitrogens with zero attached hydrogens (tertiary/aromatic N) is 6. The number of likely N-dealkylation sites (tertiary alicyclic amines) is 1. The average molecular weight is 520 g/mol. The van der Waals surface area contributed by atoms with Gasteiger partial charge in [0.05, 0.1) is 5.56 Å². The minimum atomic E-state index is -1.11. The van der Waals surface area contributed by atoms with E-state index in [1.165, 1.54) is 12.1 Å². The molecule has 0 aliphatic carbocycles. The van der Waals surface area contributed by atoms with Crippen LogP contribution in [0.4, 0.5) is 14.6 Å². The molecule has 0 atom stereocenters. The van der Waals surface area contributed by atoms with Crippen molar-refractivity contribution in [1.82, 2.24) is 30.1 Å². The zero-order valence-corrected chi connectivity index (χ0v) is 20.6. The van der Waals surface area contributed by atoms with Crippen LogP contribution in [0.3, 0.4) is 0 Å². The number of ether oxygens (including phenoxy) is 1. The second-order valence-electron chi connectivity index (χ2n) is 8.83. The zero-order chi connectivity index (χ0) is 25.4. The highest BCUT2D eigenvalue weighted by atomic mass is 32.1. The Morgan fingerprint density at radius 3 is 2.70 bits per heavy atom. The lowest BCUT2D eigenvalue weighted by Gasteiger charge is -2.16. The van der Waals surface area contributed by atoms with E-state index in [0.29, 0.717) is 12.1 Å². The quantitative estimate of drug-likeness (QED) is 0.325. The molecule has 1 aliphatic heterocycles. The third-order valence-corrected chi connectivity index (χ3v) is 7.62. The fraction of sp³-hybridized carbons (Fsp3) is 0.231. The zero-order valence-electron chi connectivity index (χ0n) is 19.8. The highest BCUT2D eigenvalue weighted by molar-refractivity contribution is 7.22. The van der Waals surface area contributed by atoms with E-state index in [9.17, 15) is 4.39 Å². The van der Waals surface area contributed by atoms with Crippen LogP contribution in [-0.2, 0) is 0 Å². The maximum atomic E-state index is 15.2. The van der Waals surface area contributed by atoms with Gasteiger partial charge in [0.2, 0.25) is 5.82 Å². The van der Waals surface area contributed by atoms with Gasteiger partial charge in [0.15, 0.2) is 17.4 Å². The summed E-state index contributed by atoms with van der Waals surface area (Å²) in [5, 5.41) is 12.8. The molecule has 1 fully saturated rings. The summed E-state index contributed by atoms with van der Waals surface area (Å²) in [5.74, 6) is -2.04. The fourth-order valence-electron chi connectivity index (χ4n) is 4.52. The molecule has 0 unspecified atom stereocenters. The first-order valence-corrected chi connectivity index (χ1v) is 12.8. The molecule has 3 aromatic heterocycles. The van der Waals surface area contributed by atoms with Crippen LogP contribution in [0.15, 0.2) is 54.7 Å². The summed E-state index contributed by atoms with van der Waals surface area (Å²) in [6, 6.07) is 14.7. The molecule has 0 radical (unpaired) electrons. The molecule has 0 saturated carbocycles. The Hall–Kier alpha value is -3.96. The van der Waals surface area contributed by atoms with E-state index in [-0.39, 0.29) is 29.7 Å². The number of halogens is 2. The molecule has 1 saturated heterocycles. The third-order valence-electron chi connectivity index (χ3n) is 6.46. The Morgan fingerprint density at radius 1 is 1.03 bits per heavy atom. The Balaban J connectivity index is 1.30. The predicted molar refractivity (Wildman–Crippen MR) is 139 cm³/mol. The molecule has 1 aliphatic rings. The van der Waals surface area contributed by atoms with E-state index in [0.717, 1.165) is 51.1 Å². The molecule has 11 heteroatoms. The lowest BCUT2D eigenvalue weighted by Crippen LogP contribution is -2.25. The molecule has 4 heterocycles. The maximum absolute atomic E-state index is 15.2. The number of pyridine rings is 1. The number of thiophene rings is 1. The lowest BCUT2D eigenvalue weighted by molar-refractivity contribution is 0.229. The van der Waals surface area contributed by atoms with Crippen molar-refractivity contribution in [2.45, 2.75) is 12.8 Å². The summed E-state index contributed by atoms with van der Waals surface area (Å²) in [4.78, 5) is 7.55. The lowest BCUT2D eigenvalue weighted by atomic mass is 10.1. The molecular weight excluding hydrogens is 496 g/mol. The molecule has 0 spiro atoms. The van der Waals surface area contributed by atoms with Crippen molar-refractivity contribution in [1.29, 1.82) is 0 Å². The van der Waals surface area contributed by atoms with Crippen molar-refractivity contribution in [3.8, 4) is 33.3 Å². The number of fused-ring (bicyclic) bond motifs is 1. The molecule has 2 aromatic carbocycles. The van der Waals surface area contributed by atoms with Crippen LogP contribution in [0.25, 0.3) is 37.6 Å². The molecule has 6 rings (SSSR count). The Labute approximate surface area is 215 Å². The van der Waals surface area contributed by atoms with Crippen molar-refractivity contribution in [3.63, 3.8) is 0 Å². The van der Waals surface area contributed by atoms with Crippen LogP contribution in [0.5, 0.6) is 5.75 Å². The average Bonchev–Trinajstić information content (AvgIpc) is 3.68. The van der Waals surface area contributed by atoms with Gasteiger partial charge >= 0.3 is 0 Å². The summed E-state index contributed by atoms with van der Waals surface area (Å²) < 4.78 is 37.9. The summed E-state index contributed by atoms with van der Waals surface area (Å²) in [7, 11) is 0. The molecule has 5 aromatic rings.